The number of nitrogens with zero attached hydrogens (tertiary/aromatic N) is 1. The largest absolute Gasteiger partial charge is 0.301 e. The smallest absolute Gasteiger partial charge is 0.123 e. The van der Waals surface area contributed by atoms with E-state index in [4.69, 9.17) is 0 Å². The third-order valence-electron chi connectivity index (χ3n) is 1.95. The number of hydrogen-bond donors (Lipinski definition) is 1. The summed E-state index contributed by atoms with van der Waals surface area (Å²) in [6.07, 6.45) is 0.0655. The maximum absolute atomic E-state index is 12.9. The van der Waals surface area contributed by atoms with Gasteiger partial charge in [0, 0.05) is 0 Å². The minimum atomic E-state index is -0.195. The molecule has 0 saturated carbocycles. The molecule has 0 amide bonds. The second-order valence-corrected chi connectivity index (χ2v) is 3.21. The molecule has 0 saturated heterocycles. The summed E-state index contributed by atoms with van der Waals surface area (Å²) in [5, 5.41) is 3.10. The van der Waals surface area contributed by atoms with Crippen LogP contribution in [-0.2, 0) is 0 Å². The topological polar surface area (TPSA) is 15.3 Å². The first-order valence-corrected chi connectivity index (χ1v) is 4.24. The van der Waals surface area contributed by atoms with Crippen LogP contribution in [0.25, 0.3) is 0 Å². The van der Waals surface area contributed by atoms with Crippen molar-refractivity contribution in [3.8, 4) is 0 Å². The molecule has 0 heterocycles. The van der Waals surface area contributed by atoms with Gasteiger partial charge in [0.25, 0.3) is 0 Å². The van der Waals surface area contributed by atoms with E-state index in [0.717, 1.165) is 5.56 Å². The Morgan fingerprint density at radius 1 is 1.38 bits per heavy atom. The fourth-order valence-corrected chi connectivity index (χ4v) is 1.40. The monoisotopic (exact) mass is 182 g/mol. The number of benzene rings is 1. The van der Waals surface area contributed by atoms with Gasteiger partial charge in [-0.2, -0.15) is 0 Å². The van der Waals surface area contributed by atoms with Gasteiger partial charge in [-0.05, 0) is 38.8 Å². The Labute approximate surface area is 78.4 Å². The van der Waals surface area contributed by atoms with Gasteiger partial charge in [-0.25, -0.2) is 4.39 Å². The third kappa shape index (κ3) is 2.50. The van der Waals surface area contributed by atoms with E-state index in [-0.39, 0.29) is 12.0 Å². The Kier molecular flexibility index (Phi) is 3.39. The molecule has 0 radical (unpaired) electrons. The number of halogens is 1. The van der Waals surface area contributed by atoms with Crippen LogP contribution in [0.5, 0.6) is 0 Å². The summed E-state index contributed by atoms with van der Waals surface area (Å²) >= 11 is 0. The first-order valence-electron chi connectivity index (χ1n) is 4.24. The molecular weight excluding hydrogens is 167 g/mol. The Morgan fingerprint density at radius 2 is 2.08 bits per heavy atom. The van der Waals surface area contributed by atoms with Gasteiger partial charge >= 0.3 is 0 Å². The molecule has 1 atom stereocenters. The molecule has 1 aromatic carbocycles. The van der Waals surface area contributed by atoms with Gasteiger partial charge in [0.1, 0.15) is 5.82 Å². The van der Waals surface area contributed by atoms with Crippen LogP contribution in [0.1, 0.15) is 11.7 Å². The van der Waals surface area contributed by atoms with Gasteiger partial charge in [-0.1, -0.05) is 12.1 Å². The molecule has 0 aliphatic heterocycles. The van der Waals surface area contributed by atoms with Crippen LogP contribution >= 0.6 is 0 Å². The third-order valence-corrected chi connectivity index (χ3v) is 1.95. The molecule has 0 aromatic heterocycles. The molecule has 1 aromatic rings. The van der Waals surface area contributed by atoms with Gasteiger partial charge in [-0.15, -0.1) is 0 Å². The lowest BCUT2D eigenvalue weighted by Crippen LogP contribution is -2.30. The fourth-order valence-electron chi connectivity index (χ4n) is 1.40. The second kappa shape index (κ2) is 4.35. The Balaban J connectivity index is 2.91. The summed E-state index contributed by atoms with van der Waals surface area (Å²) in [4.78, 5) is 1.99. The van der Waals surface area contributed by atoms with Crippen LogP contribution in [0.3, 0.4) is 0 Å². The standard InChI is InChI=1S/C10H15FN2/c1-12-10(13(2)3)8-5-4-6-9(11)7-8/h4-7,10,12H,1-3H3. The van der Waals surface area contributed by atoms with Crippen LogP contribution in [0, 0.1) is 5.82 Å². The quantitative estimate of drug-likeness (QED) is 0.714. The molecule has 72 valence electrons. The van der Waals surface area contributed by atoms with E-state index < -0.39 is 0 Å². The Hall–Kier alpha value is -0.930. The highest BCUT2D eigenvalue weighted by atomic mass is 19.1. The summed E-state index contributed by atoms with van der Waals surface area (Å²) in [6.45, 7) is 0. The second-order valence-electron chi connectivity index (χ2n) is 3.21. The number of nitrogens with one attached hydrogen (secondary N) is 1. The van der Waals surface area contributed by atoms with Crippen molar-refractivity contribution in [3.05, 3.63) is 35.6 Å². The summed E-state index contributed by atoms with van der Waals surface area (Å²) in [5.41, 5.74) is 0.938. The van der Waals surface area contributed by atoms with Crippen molar-refractivity contribution in [2.24, 2.45) is 0 Å². The first-order chi connectivity index (χ1) is 6.15. The highest BCUT2D eigenvalue weighted by molar-refractivity contribution is 5.19. The van der Waals surface area contributed by atoms with Crippen LogP contribution in [-0.4, -0.2) is 26.0 Å². The van der Waals surface area contributed by atoms with Crippen molar-refractivity contribution in [2.45, 2.75) is 6.17 Å². The van der Waals surface area contributed by atoms with E-state index in [9.17, 15) is 4.39 Å². The van der Waals surface area contributed by atoms with Gasteiger partial charge in [0.05, 0.1) is 6.17 Å². The predicted molar refractivity (Wildman–Crippen MR) is 51.9 cm³/mol. The minimum Gasteiger partial charge on any atom is -0.301 e. The van der Waals surface area contributed by atoms with Gasteiger partial charge in [-0.3, -0.25) is 4.90 Å². The van der Waals surface area contributed by atoms with Crippen LogP contribution in [0.4, 0.5) is 4.39 Å². The van der Waals surface area contributed by atoms with Crippen molar-refractivity contribution in [2.75, 3.05) is 21.1 Å². The normalized spacial score (nSPS) is 13.3. The lowest BCUT2D eigenvalue weighted by molar-refractivity contribution is 0.264. The Bertz CT molecular complexity index is 273. The molecule has 2 nitrogen and oxygen atoms in total. The van der Waals surface area contributed by atoms with Crippen LogP contribution in [0.2, 0.25) is 0 Å². The fraction of sp³-hybridized carbons (Fsp3) is 0.400. The zero-order valence-electron chi connectivity index (χ0n) is 8.21. The average molecular weight is 182 g/mol. The number of hydrogen-bond acceptors (Lipinski definition) is 2. The lowest BCUT2D eigenvalue weighted by atomic mass is 10.1. The Morgan fingerprint density at radius 3 is 2.54 bits per heavy atom. The molecule has 3 heteroatoms. The minimum absolute atomic E-state index is 0.0655. The summed E-state index contributed by atoms with van der Waals surface area (Å²) in [6, 6.07) is 6.62. The lowest BCUT2D eigenvalue weighted by Gasteiger charge is -2.23. The molecule has 1 unspecified atom stereocenters. The molecule has 13 heavy (non-hydrogen) atoms. The van der Waals surface area contributed by atoms with Crippen LogP contribution < -0.4 is 5.32 Å². The predicted octanol–water partition coefficient (Wildman–Crippen LogP) is 1.61. The molecule has 0 aliphatic rings. The van der Waals surface area contributed by atoms with Crippen molar-refractivity contribution >= 4 is 0 Å². The van der Waals surface area contributed by atoms with E-state index in [1.165, 1.54) is 6.07 Å². The van der Waals surface area contributed by atoms with E-state index in [1.54, 1.807) is 12.1 Å². The van der Waals surface area contributed by atoms with E-state index in [2.05, 4.69) is 5.32 Å². The summed E-state index contributed by atoms with van der Waals surface area (Å²) < 4.78 is 12.9. The maximum atomic E-state index is 12.9. The summed E-state index contributed by atoms with van der Waals surface area (Å²) in [5.74, 6) is -0.195. The average Bonchev–Trinajstić information content (AvgIpc) is 2.04. The van der Waals surface area contributed by atoms with Crippen molar-refractivity contribution < 1.29 is 4.39 Å². The SMILES string of the molecule is CNC(c1cccc(F)c1)N(C)C. The molecule has 0 aliphatic carbocycles. The van der Waals surface area contributed by atoms with Gasteiger partial charge < -0.3 is 5.32 Å². The number of rotatable bonds is 3. The maximum Gasteiger partial charge on any atom is 0.123 e. The molecular formula is C10H15FN2. The molecule has 0 spiro atoms. The molecule has 1 rings (SSSR count). The highest BCUT2D eigenvalue weighted by Crippen LogP contribution is 2.15. The molecule has 0 bridgehead atoms. The first kappa shape index (κ1) is 10.2. The zero-order valence-corrected chi connectivity index (χ0v) is 8.21. The van der Waals surface area contributed by atoms with Crippen molar-refractivity contribution in [3.63, 3.8) is 0 Å². The van der Waals surface area contributed by atoms with E-state index in [1.807, 2.05) is 32.1 Å². The van der Waals surface area contributed by atoms with Crippen molar-refractivity contribution in [1.82, 2.24) is 10.2 Å². The highest BCUT2D eigenvalue weighted by Gasteiger charge is 2.10. The molecule has 1 N–H and O–H groups in total. The molecule has 0 fully saturated rings. The van der Waals surface area contributed by atoms with E-state index >= 15 is 0 Å². The zero-order chi connectivity index (χ0) is 9.84. The summed E-state index contributed by atoms with van der Waals surface area (Å²) in [7, 11) is 5.76. The van der Waals surface area contributed by atoms with Crippen molar-refractivity contribution in [1.29, 1.82) is 0 Å². The van der Waals surface area contributed by atoms with Gasteiger partial charge in [0.2, 0.25) is 0 Å². The van der Waals surface area contributed by atoms with Crippen LogP contribution in [0.15, 0.2) is 24.3 Å². The van der Waals surface area contributed by atoms with E-state index in [0.29, 0.717) is 0 Å². The van der Waals surface area contributed by atoms with Gasteiger partial charge in [0.15, 0.2) is 0 Å².